The third kappa shape index (κ3) is 3.00. The molecule has 2 aromatic rings. The first-order chi connectivity index (χ1) is 8.56. The molecule has 0 bridgehead atoms. The molecular weight excluding hydrogens is 318 g/mol. The average molecular weight is 327 g/mol. The normalized spacial score (nSPS) is 10.1. The Hall–Kier alpha value is -1.59. The molecule has 6 heteroatoms. The van der Waals surface area contributed by atoms with E-state index in [2.05, 4.69) is 26.2 Å². The molecule has 0 aliphatic heterocycles. The molecule has 1 amide bonds. The Morgan fingerprint density at radius 1 is 1.33 bits per heavy atom. The quantitative estimate of drug-likeness (QED) is 0.889. The molecule has 4 nitrogen and oxygen atoms in total. The molecular formula is C12H9BrClN3O. The van der Waals surface area contributed by atoms with E-state index in [4.69, 9.17) is 17.3 Å². The summed E-state index contributed by atoms with van der Waals surface area (Å²) in [6.45, 7) is 0. The maximum Gasteiger partial charge on any atom is 0.274 e. The summed E-state index contributed by atoms with van der Waals surface area (Å²) >= 11 is 9.14. The van der Waals surface area contributed by atoms with Crippen LogP contribution < -0.4 is 11.1 Å². The average Bonchev–Trinajstić information content (AvgIpc) is 2.32. The van der Waals surface area contributed by atoms with Gasteiger partial charge < -0.3 is 11.1 Å². The van der Waals surface area contributed by atoms with Crippen molar-refractivity contribution < 1.29 is 4.79 Å². The molecule has 1 aromatic heterocycles. The first-order valence-electron chi connectivity index (χ1n) is 5.04. The summed E-state index contributed by atoms with van der Waals surface area (Å²) in [5, 5.41) is 3.30. The van der Waals surface area contributed by atoms with E-state index in [0.29, 0.717) is 20.9 Å². The van der Waals surface area contributed by atoms with Gasteiger partial charge in [0.25, 0.3) is 5.91 Å². The van der Waals surface area contributed by atoms with Crippen LogP contribution >= 0.6 is 27.5 Å². The van der Waals surface area contributed by atoms with Crippen molar-refractivity contribution in [3.05, 3.63) is 51.7 Å². The van der Waals surface area contributed by atoms with E-state index in [1.54, 1.807) is 24.3 Å². The summed E-state index contributed by atoms with van der Waals surface area (Å²) in [4.78, 5) is 15.9. The smallest absolute Gasteiger partial charge is 0.274 e. The number of nitrogens with zero attached hydrogens (tertiary/aromatic N) is 1. The Morgan fingerprint density at radius 2 is 2.11 bits per heavy atom. The van der Waals surface area contributed by atoms with Gasteiger partial charge in [-0.3, -0.25) is 9.78 Å². The number of amides is 1. The second-order valence-corrected chi connectivity index (χ2v) is 4.84. The minimum Gasteiger partial charge on any atom is -0.399 e. The number of nitrogens with one attached hydrogen (secondary N) is 1. The predicted molar refractivity (Wildman–Crippen MR) is 75.8 cm³/mol. The number of benzene rings is 1. The Labute approximate surface area is 117 Å². The number of hydrogen-bond acceptors (Lipinski definition) is 3. The zero-order valence-electron chi connectivity index (χ0n) is 9.15. The monoisotopic (exact) mass is 325 g/mol. The fourth-order valence-electron chi connectivity index (χ4n) is 1.35. The Bertz CT molecular complexity index is 604. The van der Waals surface area contributed by atoms with E-state index >= 15 is 0 Å². The lowest BCUT2D eigenvalue weighted by molar-refractivity contribution is 0.102. The molecule has 3 N–H and O–H groups in total. The van der Waals surface area contributed by atoms with Gasteiger partial charge in [0.05, 0.1) is 5.69 Å². The zero-order chi connectivity index (χ0) is 13.1. The third-order valence-electron chi connectivity index (χ3n) is 2.20. The highest BCUT2D eigenvalue weighted by atomic mass is 79.9. The van der Waals surface area contributed by atoms with Crippen molar-refractivity contribution in [1.29, 1.82) is 0 Å². The highest BCUT2D eigenvalue weighted by Gasteiger charge is 2.09. The molecule has 18 heavy (non-hydrogen) atoms. The highest BCUT2D eigenvalue weighted by molar-refractivity contribution is 9.10. The van der Waals surface area contributed by atoms with Gasteiger partial charge in [-0.15, -0.1) is 0 Å². The van der Waals surface area contributed by atoms with Gasteiger partial charge in [0.2, 0.25) is 0 Å². The molecule has 0 aliphatic rings. The van der Waals surface area contributed by atoms with Gasteiger partial charge in [0.1, 0.15) is 5.69 Å². The largest absolute Gasteiger partial charge is 0.399 e. The molecule has 0 saturated heterocycles. The van der Waals surface area contributed by atoms with Crippen LogP contribution in [0.1, 0.15) is 10.5 Å². The van der Waals surface area contributed by atoms with Gasteiger partial charge in [0.15, 0.2) is 0 Å². The van der Waals surface area contributed by atoms with Crippen molar-refractivity contribution in [2.24, 2.45) is 0 Å². The SMILES string of the molecule is Nc1ccnc(C(=O)Nc2ccc(Cl)cc2Br)c1. The standard InChI is InChI=1S/C12H9BrClN3O/c13-9-5-7(14)1-2-10(9)17-12(18)11-6-8(15)3-4-16-11/h1-6H,(H2,15,16)(H,17,18). The molecule has 0 saturated carbocycles. The summed E-state index contributed by atoms with van der Waals surface area (Å²) in [6, 6.07) is 8.23. The number of nitrogen functional groups attached to an aromatic ring is 1. The Morgan fingerprint density at radius 3 is 2.78 bits per heavy atom. The third-order valence-corrected chi connectivity index (χ3v) is 3.09. The number of anilines is 2. The molecule has 0 atom stereocenters. The van der Waals surface area contributed by atoms with Crippen LogP contribution in [0.2, 0.25) is 5.02 Å². The van der Waals surface area contributed by atoms with Crippen molar-refractivity contribution in [3.63, 3.8) is 0 Å². The van der Waals surface area contributed by atoms with Gasteiger partial charge in [-0.05, 0) is 46.3 Å². The first kappa shape index (κ1) is 12.9. The van der Waals surface area contributed by atoms with Gasteiger partial charge >= 0.3 is 0 Å². The molecule has 0 fully saturated rings. The van der Waals surface area contributed by atoms with Crippen molar-refractivity contribution in [2.45, 2.75) is 0 Å². The van der Waals surface area contributed by atoms with Crippen LogP contribution in [0.4, 0.5) is 11.4 Å². The van der Waals surface area contributed by atoms with Crippen molar-refractivity contribution in [2.75, 3.05) is 11.1 Å². The fourth-order valence-corrected chi connectivity index (χ4v) is 2.13. The Balaban J connectivity index is 2.21. The summed E-state index contributed by atoms with van der Waals surface area (Å²) in [5.74, 6) is -0.328. The van der Waals surface area contributed by atoms with Gasteiger partial charge in [-0.25, -0.2) is 0 Å². The van der Waals surface area contributed by atoms with Crippen LogP contribution in [0, 0.1) is 0 Å². The summed E-state index contributed by atoms with van der Waals surface area (Å²) in [5.41, 5.74) is 6.96. The first-order valence-corrected chi connectivity index (χ1v) is 6.21. The van der Waals surface area contributed by atoms with Gasteiger partial charge in [0, 0.05) is 21.4 Å². The second kappa shape index (κ2) is 5.37. The lowest BCUT2D eigenvalue weighted by Gasteiger charge is -2.07. The maximum atomic E-state index is 11.9. The Kier molecular flexibility index (Phi) is 3.84. The minimum absolute atomic E-state index is 0.261. The molecule has 2 rings (SSSR count). The van der Waals surface area contributed by atoms with Crippen molar-refractivity contribution >= 4 is 44.8 Å². The minimum atomic E-state index is -0.328. The number of pyridine rings is 1. The molecule has 1 heterocycles. The maximum absolute atomic E-state index is 11.9. The molecule has 0 unspecified atom stereocenters. The van der Waals surface area contributed by atoms with Crippen molar-refractivity contribution in [1.82, 2.24) is 4.98 Å². The summed E-state index contributed by atoms with van der Waals surface area (Å²) in [7, 11) is 0. The number of carbonyl (C=O) groups excluding carboxylic acids is 1. The van der Waals surface area contributed by atoms with E-state index in [-0.39, 0.29) is 11.6 Å². The summed E-state index contributed by atoms with van der Waals surface area (Å²) < 4.78 is 0.701. The van der Waals surface area contributed by atoms with Gasteiger partial charge in [-0.1, -0.05) is 11.6 Å². The lowest BCUT2D eigenvalue weighted by Crippen LogP contribution is -2.14. The van der Waals surface area contributed by atoms with E-state index in [0.717, 1.165) is 0 Å². The number of aromatic nitrogens is 1. The van der Waals surface area contributed by atoms with E-state index in [1.807, 2.05) is 0 Å². The predicted octanol–water partition coefficient (Wildman–Crippen LogP) is 3.33. The fraction of sp³-hybridized carbons (Fsp3) is 0. The molecule has 1 aromatic carbocycles. The number of halogens is 2. The lowest BCUT2D eigenvalue weighted by atomic mass is 10.2. The number of hydrogen-bond donors (Lipinski definition) is 2. The van der Waals surface area contributed by atoms with Crippen LogP contribution in [-0.2, 0) is 0 Å². The van der Waals surface area contributed by atoms with Gasteiger partial charge in [-0.2, -0.15) is 0 Å². The molecule has 0 radical (unpaired) electrons. The van der Waals surface area contributed by atoms with Crippen LogP contribution in [0.3, 0.4) is 0 Å². The van der Waals surface area contributed by atoms with E-state index in [9.17, 15) is 4.79 Å². The van der Waals surface area contributed by atoms with E-state index in [1.165, 1.54) is 12.3 Å². The second-order valence-electron chi connectivity index (χ2n) is 3.55. The number of nitrogens with two attached hydrogens (primary N) is 1. The topological polar surface area (TPSA) is 68.0 Å². The highest BCUT2D eigenvalue weighted by Crippen LogP contribution is 2.26. The van der Waals surface area contributed by atoms with Crippen LogP contribution in [0.15, 0.2) is 41.0 Å². The zero-order valence-corrected chi connectivity index (χ0v) is 11.5. The summed E-state index contributed by atoms with van der Waals surface area (Å²) in [6.07, 6.45) is 1.49. The van der Waals surface area contributed by atoms with Crippen molar-refractivity contribution in [3.8, 4) is 0 Å². The van der Waals surface area contributed by atoms with Crippen LogP contribution in [-0.4, -0.2) is 10.9 Å². The van der Waals surface area contributed by atoms with Crippen LogP contribution in [0.25, 0.3) is 0 Å². The van der Waals surface area contributed by atoms with E-state index < -0.39 is 0 Å². The molecule has 92 valence electrons. The van der Waals surface area contributed by atoms with Crippen LogP contribution in [0.5, 0.6) is 0 Å². The number of carbonyl (C=O) groups is 1. The molecule has 0 aliphatic carbocycles. The molecule has 0 spiro atoms. The number of rotatable bonds is 2.